The maximum absolute atomic E-state index is 15.3. The number of carbonyl (C=O) groups excluding carboxylic acids is 1. The Kier molecular flexibility index (Phi) is 7.95. The number of hydrogen-bond donors (Lipinski definition) is 1. The van der Waals surface area contributed by atoms with Crippen molar-refractivity contribution in [3.8, 4) is 17.4 Å². The monoisotopic (exact) mass is 472 g/mol. The first kappa shape index (κ1) is 24.8. The number of nitrogens with zero attached hydrogens (tertiary/aromatic N) is 3. The Morgan fingerprint density at radius 3 is 2.50 bits per heavy atom. The second-order valence-corrected chi connectivity index (χ2v) is 7.20. The summed E-state index contributed by atoms with van der Waals surface area (Å²) < 4.78 is 46.0. The molecule has 180 valence electrons. The van der Waals surface area contributed by atoms with Crippen molar-refractivity contribution in [1.82, 2.24) is 15.1 Å². The fourth-order valence-corrected chi connectivity index (χ4v) is 3.60. The second-order valence-electron chi connectivity index (χ2n) is 7.20. The number of nitrogens with two attached hydrogens (primary N) is 1. The Hall–Kier alpha value is -3.79. The predicted octanol–water partition coefficient (Wildman–Crippen LogP) is 4.05. The van der Waals surface area contributed by atoms with Crippen LogP contribution in [0.4, 0.5) is 14.5 Å². The van der Waals surface area contributed by atoms with Gasteiger partial charge in [-0.2, -0.15) is 9.49 Å². The normalized spacial score (nSPS) is 13.7. The lowest BCUT2D eigenvalue weighted by molar-refractivity contribution is -0.163. The fraction of sp³-hybridized carbons (Fsp3) is 0.292. The number of ether oxygens (including phenoxy) is 3. The third-order valence-electron chi connectivity index (χ3n) is 5.34. The van der Waals surface area contributed by atoms with Gasteiger partial charge in [0.1, 0.15) is 5.54 Å². The third-order valence-corrected chi connectivity index (χ3v) is 5.34. The van der Waals surface area contributed by atoms with Crippen LogP contribution in [0.2, 0.25) is 0 Å². The highest BCUT2D eigenvalue weighted by Crippen LogP contribution is 2.44. The minimum Gasteiger partial charge on any atom is -0.493 e. The first-order valence-electron chi connectivity index (χ1n) is 10.7. The Balaban J connectivity index is 0.00000158. The number of aromatic nitrogens is 2. The van der Waals surface area contributed by atoms with Crippen LogP contribution in [0.3, 0.4) is 0 Å². The zero-order valence-electron chi connectivity index (χ0n) is 19.1. The maximum Gasteiger partial charge on any atom is 0.238 e. The summed E-state index contributed by atoms with van der Waals surface area (Å²) in [5.74, 6) is -1.52. The van der Waals surface area contributed by atoms with Crippen molar-refractivity contribution >= 4 is 12.1 Å². The molecule has 0 atom stereocenters. The Bertz CT molecular complexity index is 1130. The summed E-state index contributed by atoms with van der Waals surface area (Å²) >= 11 is 0. The van der Waals surface area contributed by atoms with Crippen LogP contribution in [0.1, 0.15) is 25.0 Å². The van der Waals surface area contributed by atoms with Gasteiger partial charge < -0.3 is 24.8 Å². The molecule has 1 aromatic heterocycles. The highest BCUT2D eigenvalue weighted by molar-refractivity contribution is 5.56. The number of amides is 1. The molecule has 0 spiro atoms. The number of halogens is 2. The van der Waals surface area contributed by atoms with Gasteiger partial charge in [-0.25, -0.2) is 4.39 Å². The second kappa shape index (κ2) is 10.9. The molecule has 0 bridgehead atoms. The highest BCUT2D eigenvalue weighted by Gasteiger charge is 2.48. The van der Waals surface area contributed by atoms with E-state index in [0.29, 0.717) is 12.0 Å². The number of rotatable bonds is 8. The van der Waals surface area contributed by atoms with Crippen LogP contribution in [0.5, 0.6) is 17.4 Å². The van der Waals surface area contributed by atoms with Crippen LogP contribution in [-0.4, -0.2) is 41.8 Å². The zero-order chi connectivity index (χ0) is 24.7. The molecule has 0 aliphatic carbocycles. The van der Waals surface area contributed by atoms with Crippen molar-refractivity contribution in [2.24, 2.45) is 0 Å². The van der Waals surface area contributed by atoms with E-state index in [1.807, 2.05) is 13.8 Å². The molecule has 0 saturated carbocycles. The first-order valence-corrected chi connectivity index (χ1v) is 10.7. The van der Waals surface area contributed by atoms with Gasteiger partial charge in [0.2, 0.25) is 18.1 Å². The molecule has 34 heavy (non-hydrogen) atoms. The SMILES string of the molecule is CC.COc1c(C2(N(C=O)Cc3cccc(N)c3F)COC2)ccc(Oc2cccnn2)c1F. The van der Waals surface area contributed by atoms with E-state index in [9.17, 15) is 9.18 Å². The van der Waals surface area contributed by atoms with E-state index in [-0.39, 0.29) is 48.4 Å². The van der Waals surface area contributed by atoms with Gasteiger partial charge in [-0.05, 0) is 24.3 Å². The van der Waals surface area contributed by atoms with E-state index in [0.717, 1.165) is 0 Å². The van der Waals surface area contributed by atoms with E-state index >= 15 is 4.39 Å². The van der Waals surface area contributed by atoms with Gasteiger partial charge in [0.05, 0.1) is 26.0 Å². The van der Waals surface area contributed by atoms with Crippen molar-refractivity contribution in [3.05, 3.63) is 71.4 Å². The molecule has 1 aliphatic rings. The molecule has 8 nitrogen and oxygen atoms in total. The summed E-state index contributed by atoms with van der Waals surface area (Å²) in [5, 5.41) is 7.46. The van der Waals surface area contributed by atoms with Gasteiger partial charge in [0.25, 0.3) is 0 Å². The summed E-state index contributed by atoms with van der Waals surface area (Å²) in [4.78, 5) is 13.4. The van der Waals surface area contributed by atoms with Gasteiger partial charge in [-0.15, -0.1) is 5.10 Å². The number of methoxy groups -OCH3 is 1. The van der Waals surface area contributed by atoms with Gasteiger partial charge in [-0.3, -0.25) is 4.79 Å². The van der Waals surface area contributed by atoms with E-state index in [4.69, 9.17) is 19.9 Å². The van der Waals surface area contributed by atoms with Crippen molar-refractivity contribution in [3.63, 3.8) is 0 Å². The van der Waals surface area contributed by atoms with Gasteiger partial charge >= 0.3 is 0 Å². The number of hydrogen-bond acceptors (Lipinski definition) is 7. The third kappa shape index (κ3) is 4.62. The molecule has 2 N–H and O–H groups in total. The highest BCUT2D eigenvalue weighted by atomic mass is 19.1. The van der Waals surface area contributed by atoms with E-state index in [1.54, 1.807) is 18.2 Å². The molecule has 10 heteroatoms. The molecular formula is C24H26F2N4O4. The molecular weight excluding hydrogens is 446 g/mol. The average Bonchev–Trinajstić information content (AvgIpc) is 2.84. The van der Waals surface area contributed by atoms with Crippen LogP contribution in [-0.2, 0) is 21.6 Å². The van der Waals surface area contributed by atoms with Crippen LogP contribution in [0.25, 0.3) is 0 Å². The smallest absolute Gasteiger partial charge is 0.238 e. The molecule has 1 fully saturated rings. The lowest BCUT2D eigenvalue weighted by Crippen LogP contribution is -2.59. The lowest BCUT2D eigenvalue weighted by Gasteiger charge is -2.48. The standard InChI is InChI=1S/C22H20F2N4O4.C2H6/c1-30-21-15(7-8-17(20(21)24)32-18-6-3-9-26-27-18)22(11-31-12-22)28(13-29)10-14-4-2-5-16(25)19(14)23;1-2/h2-9,13H,10-12,25H2,1H3;1-2H3. The number of benzene rings is 2. The predicted molar refractivity (Wildman–Crippen MR) is 121 cm³/mol. The molecule has 2 aromatic carbocycles. The summed E-state index contributed by atoms with van der Waals surface area (Å²) in [6, 6.07) is 10.7. The minimum atomic E-state index is -1.06. The van der Waals surface area contributed by atoms with E-state index < -0.39 is 17.2 Å². The zero-order valence-corrected chi connectivity index (χ0v) is 19.1. The molecule has 2 heterocycles. The molecule has 3 aromatic rings. The topological polar surface area (TPSA) is 99.8 Å². The summed E-state index contributed by atoms with van der Waals surface area (Å²) in [6.45, 7) is 4.07. The molecule has 0 radical (unpaired) electrons. The Morgan fingerprint density at radius 1 is 1.15 bits per heavy atom. The summed E-state index contributed by atoms with van der Waals surface area (Å²) in [7, 11) is 1.31. The maximum atomic E-state index is 15.3. The van der Waals surface area contributed by atoms with Gasteiger partial charge in [0.15, 0.2) is 17.3 Å². The fourth-order valence-electron chi connectivity index (χ4n) is 3.60. The number of carbonyl (C=O) groups is 1. The van der Waals surface area contributed by atoms with Crippen LogP contribution in [0, 0.1) is 11.6 Å². The first-order chi connectivity index (χ1) is 16.5. The number of anilines is 1. The minimum absolute atomic E-state index is 0.0265. The average molecular weight is 472 g/mol. The molecule has 1 amide bonds. The van der Waals surface area contributed by atoms with Gasteiger partial charge in [-0.1, -0.05) is 26.0 Å². The quantitative estimate of drug-likeness (QED) is 0.390. The lowest BCUT2D eigenvalue weighted by atomic mass is 9.85. The van der Waals surface area contributed by atoms with Crippen LogP contribution < -0.4 is 15.2 Å². The van der Waals surface area contributed by atoms with Crippen molar-refractivity contribution in [2.75, 3.05) is 26.1 Å². The summed E-state index contributed by atoms with van der Waals surface area (Å²) in [5.41, 5.74) is 5.16. The van der Waals surface area contributed by atoms with Gasteiger partial charge in [0, 0.05) is 29.9 Å². The van der Waals surface area contributed by atoms with Crippen molar-refractivity contribution in [1.29, 1.82) is 0 Å². The Labute approximate surface area is 196 Å². The van der Waals surface area contributed by atoms with Crippen molar-refractivity contribution in [2.45, 2.75) is 25.9 Å². The van der Waals surface area contributed by atoms with Crippen LogP contribution >= 0.6 is 0 Å². The van der Waals surface area contributed by atoms with E-state index in [1.165, 1.54) is 42.5 Å². The summed E-state index contributed by atoms with van der Waals surface area (Å²) in [6.07, 6.45) is 2.04. The van der Waals surface area contributed by atoms with E-state index in [2.05, 4.69) is 10.2 Å². The number of nitrogen functional groups attached to an aromatic ring is 1. The molecule has 1 aliphatic heterocycles. The van der Waals surface area contributed by atoms with Crippen LogP contribution in [0.15, 0.2) is 48.7 Å². The molecule has 1 saturated heterocycles. The molecule has 4 rings (SSSR count). The molecule has 0 unspecified atom stereocenters. The largest absolute Gasteiger partial charge is 0.493 e. The van der Waals surface area contributed by atoms with Crippen molar-refractivity contribution < 1.29 is 27.8 Å². The Morgan fingerprint density at radius 2 is 1.91 bits per heavy atom.